The number of benzene rings is 2. The highest BCUT2D eigenvalue weighted by atomic mass is 16.6. The first-order chi connectivity index (χ1) is 18.9. The lowest BCUT2D eigenvalue weighted by Gasteiger charge is -2.07. The molecule has 0 spiro atoms. The van der Waals surface area contributed by atoms with E-state index < -0.39 is 0 Å². The molecule has 0 heterocycles. The van der Waals surface area contributed by atoms with Crippen LogP contribution in [0.2, 0.25) is 6.82 Å². The Labute approximate surface area is 241 Å². The normalized spacial score (nSPS) is 9.72. The summed E-state index contributed by atoms with van der Waals surface area (Å²) in [5, 5.41) is 8.98. The Hall–Kier alpha value is -2.85. The Balaban J connectivity index is 0. The average Bonchev–Trinajstić information content (AvgIpc) is 2.94. The predicted octanol–water partition coefficient (Wildman–Crippen LogP) is 4.47. The summed E-state index contributed by atoms with van der Waals surface area (Å²) in [6.07, 6.45) is 4.36. The van der Waals surface area contributed by atoms with Gasteiger partial charge in [0.2, 0.25) is 0 Å². The van der Waals surface area contributed by atoms with E-state index in [0.29, 0.717) is 12.8 Å². The third kappa shape index (κ3) is 20.1. The molecule has 222 valence electrons. The molecule has 0 aliphatic carbocycles. The SMILES string of the molecule is C.COCC(=O)CCCc1cccc(CO)c1.COCC(=O)CCCc1cccc(COC(=O)COC)c1.[B]C. The van der Waals surface area contributed by atoms with Crippen LogP contribution in [-0.2, 0) is 59.4 Å². The lowest BCUT2D eigenvalue weighted by molar-refractivity contribution is -0.149. The summed E-state index contributed by atoms with van der Waals surface area (Å²) < 4.78 is 19.3. The number of hydrogen-bond donors (Lipinski definition) is 1. The number of esters is 1. The number of aryl methyl sites for hydroxylation is 2. The minimum absolute atomic E-state index is 0. The van der Waals surface area contributed by atoms with Gasteiger partial charge in [0.1, 0.15) is 26.4 Å². The average molecular weight is 559 g/mol. The predicted molar refractivity (Wildman–Crippen MR) is 158 cm³/mol. The molecule has 0 atom stereocenters. The Morgan fingerprint density at radius 2 is 1.12 bits per heavy atom. The summed E-state index contributed by atoms with van der Waals surface area (Å²) in [6, 6.07) is 15.6. The van der Waals surface area contributed by atoms with Crippen LogP contribution in [0.3, 0.4) is 0 Å². The fraction of sp³-hybridized carbons (Fsp3) is 0.516. The lowest BCUT2D eigenvalue weighted by Crippen LogP contribution is -2.11. The van der Waals surface area contributed by atoms with Crippen LogP contribution < -0.4 is 0 Å². The number of methoxy groups -OCH3 is 3. The molecule has 0 aliphatic heterocycles. The Morgan fingerprint density at radius 3 is 1.57 bits per heavy atom. The molecule has 0 unspecified atom stereocenters. The van der Waals surface area contributed by atoms with Crippen LogP contribution in [0.1, 0.15) is 55.4 Å². The fourth-order valence-corrected chi connectivity index (χ4v) is 3.53. The van der Waals surface area contributed by atoms with Crippen molar-refractivity contribution < 1.29 is 38.4 Å². The van der Waals surface area contributed by atoms with E-state index in [1.807, 2.05) is 48.5 Å². The summed E-state index contributed by atoms with van der Waals surface area (Å²) in [6.45, 7) is 2.14. The van der Waals surface area contributed by atoms with E-state index in [9.17, 15) is 14.4 Å². The molecule has 2 rings (SSSR count). The summed E-state index contributed by atoms with van der Waals surface area (Å²) in [5.74, 6) is -0.129. The third-order valence-electron chi connectivity index (χ3n) is 5.28. The van der Waals surface area contributed by atoms with Crippen molar-refractivity contribution in [3.8, 4) is 0 Å². The van der Waals surface area contributed by atoms with Crippen molar-refractivity contribution in [1.82, 2.24) is 0 Å². The number of rotatable bonds is 17. The maximum absolute atomic E-state index is 11.3. The van der Waals surface area contributed by atoms with Gasteiger partial charge in [-0.2, -0.15) is 0 Å². The molecular weight excluding hydrogens is 511 g/mol. The van der Waals surface area contributed by atoms with E-state index in [4.69, 9.17) is 24.1 Å². The van der Waals surface area contributed by atoms with Gasteiger partial charge in [0.15, 0.2) is 11.6 Å². The second-order valence-corrected chi connectivity index (χ2v) is 8.54. The minimum atomic E-state index is -0.381. The number of carbonyl (C=O) groups excluding carboxylic acids is 3. The third-order valence-corrected chi connectivity index (χ3v) is 5.28. The van der Waals surface area contributed by atoms with Gasteiger partial charge >= 0.3 is 5.97 Å². The summed E-state index contributed by atoms with van der Waals surface area (Å²) in [4.78, 5) is 33.7. The van der Waals surface area contributed by atoms with E-state index >= 15 is 0 Å². The lowest BCUT2D eigenvalue weighted by atomic mass is 10.0. The van der Waals surface area contributed by atoms with Gasteiger partial charge in [-0.15, -0.1) is 0 Å². The zero-order chi connectivity index (χ0) is 29.3. The van der Waals surface area contributed by atoms with Crippen molar-refractivity contribution in [1.29, 1.82) is 0 Å². The minimum Gasteiger partial charge on any atom is -0.459 e. The topological polar surface area (TPSA) is 108 Å². The van der Waals surface area contributed by atoms with Gasteiger partial charge in [-0.25, -0.2) is 4.79 Å². The summed E-state index contributed by atoms with van der Waals surface area (Å²) >= 11 is 0. The largest absolute Gasteiger partial charge is 0.459 e. The second-order valence-electron chi connectivity index (χ2n) is 8.54. The Bertz CT molecular complexity index is 948. The van der Waals surface area contributed by atoms with Crippen LogP contribution in [0.4, 0.5) is 0 Å². The Kier molecular flexibility index (Phi) is 25.9. The molecule has 0 saturated heterocycles. The maximum Gasteiger partial charge on any atom is 0.332 e. The highest BCUT2D eigenvalue weighted by molar-refractivity contribution is 6.05. The second kappa shape index (κ2) is 26.4. The van der Waals surface area contributed by atoms with Gasteiger partial charge in [0, 0.05) is 34.2 Å². The van der Waals surface area contributed by atoms with Crippen LogP contribution in [0.25, 0.3) is 0 Å². The van der Waals surface area contributed by atoms with Crippen molar-refractivity contribution in [3.63, 3.8) is 0 Å². The van der Waals surface area contributed by atoms with E-state index in [-0.39, 0.29) is 58.0 Å². The number of aliphatic hydroxyl groups excluding tert-OH is 1. The zero-order valence-corrected chi connectivity index (χ0v) is 23.8. The summed E-state index contributed by atoms with van der Waals surface area (Å²) in [5.41, 5.74) is 4.14. The molecule has 0 saturated carbocycles. The number of aliphatic hydroxyl groups is 1. The van der Waals surface area contributed by atoms with E-state index in [2.05, 4.69) is 7.85 Å². The molecule has 8 nitrogen and oxygen atoms in total. The number of ketones is 2. The molecule has 2 aromatic carbocycles. The van der Waals surface area contributed by atoms with Gasteiger partial charge in [0.05, 0.1) is 14.5 Å². The van der Waals surface area contributed by atoms with Gasteiger partial charge < -0.3 is 24.1 Å². The number of ether oxygens (including phenoxy) is 4. The molecule has 0 bridgehead atoms. The van der Waals surface area contributed by atoms with Crippen molar-refractivity contribution in [2.24, 2.45) is 0 Å². The van der Waals surface area contributed by atoms with Crippen LogP contribution >= 0.6 is 0 Å². The molecule has 0 aromatic heterocycles. The first-order valence-electron chi connectivity index (χ1n) is 12.9. The van der Waals surface area contributed by atoms with Crippen LogP contribution in [-0.4, -0.2) is 71.6 Å². The first kappa shape index (κ1) is 39.3. The molecule has 2 aromatic rings. The Morgan fingerprint density at radius 1 is 0.700 bits per heavy atom. The zero-order valence-electron chi connectivity index (χ0n) is 23.8. The van der Waals surface area contributed by atoms with Gasteiger partial charge in [-0.3, -0.25) is 9.59 Å². The van der Waals surface area contributed by atoms with E-state index in [0.717, 1.165) is 47.9 Å². The van der Waals surface area contributed by atoms with Crippen molar-refractivity contribution in [3.05, 3.63) is 70.8 Å². The standard InChI is InChI=1S/C16H22O5.C13H18O3.CH3B.CH4/c1-19-11-15(17)8-4-6-13-5-3-7-14(9-13)10-21-16(18)12-20-2;1-16-10-13(15)7-3-5-11-4-2-6-12(8-11)9-14;1-2;/h3,5,7,9H,4,6,8,10-12H2,1-2H3;2,4,6,8,14H,3,5,7,9-10H2,1H3;1H3;1H4. The molecule has 0 amide bonds. The molecule has 40 heavy (non-hydrogen) atoms. The summed E-state index contributed by atoms with van der Waals surface area (Å²) in [7, 11) is 9.00. The van der Waals surface area contributed by atoms with Crippen molar-refractivity contribution in [2.45, 2.75) is 66.0 Å². The van der Waals surface area contributed by atoms with Gasteiger partial charge in [0.25, 0.3) is 0 Å². The van der Waals surface area contributed by atoms with E-state index in [1.165, 1.54) is 28.2 Å². The van der Waals surface area contributed by atoms with Crippen LogP contribution in [0.15, 0.2) is 48.5 Å². The maximum atomic E-state index is 11.3. The number of hydrogen-bond acceptors (Lipinski definition) is 8. The molecule has 0 aliphatic rings. The highest BCUT2D eigenvalue weighted by Gasteiger charge is 2.05. The smallest absolute Gasteiger partial charge is 0.332 e. The molecule has 9 heteroatoms. The first-order valence-corrected chi connectivity index (χ1v) is 12.9. The van der Waals surface area contributed by atoms with E-state index in [1.54, 1.807) is 0 Å². The molecule has 0 fully saturated rings. The number of carbonyl (C=O) groups is 3. The molecule has 1 N–H and O–H groups in total. The monoisotopic (exact) mass is 558 g/mol. The van der Waals surface area contributed by atoms with Crippen LogP contribution in [0, 0.1) is 0 Å². The molecule has 2 radical (unpaired) electrons. The fourth-order valence-electron chi connectivity index (χ4n) is 3.53. The number of Topliss-reactive ketones (excluding diaryl/α,β-unsaturated/α-hetero) is 2. The van der Waals surface area contributed by atoms with Crippen molar-refractivity contribution >= 4 is 25.4 Å². The highest BCUT2D eigenvalue weighted by Crippen LogP contribution is 2.11. The van der Waals surface area contributed by atoms with Crippen LogP contribution in [0.5, 0.6) is 0 Å². The van der Waals surface area contributed by atoms with Gasteiger partial charge in [-0.05, 0) is 47.9 Å². The van der Waals surface area contributed by atoms with Crippen molar-refractivity contribution in [2.75, 3.05) is 41.2 Å². The molecular formula is C31H47BO8. The quantitative estimate of drug-likeness (QED) is 0.224. The van der Waals surface area contributed by atoms with Gasteiger partial charge in [-0.1, -0.05) is 62.8 Å².